The molecule has 102 valence electrons. The summed E-state index contributed by atoms with van der Waals surface area (Å²) in [6, 6.07) is 9.85. The first-order valence-electron chi connectivity index (χ1n) is 6.52. The molecule has 0 saturated carbocycles. The number of carbonyl (C=O) groups excluding carboxylic acids is 1. The van der Waals surface area contributed by atoms with Gasteiger partial charge in [-0.2, -0.15) is 0 Å². The Morgan fingerprint density at radius 1 is 1.45 bits per heavy atom. The molecule has 0 amide bonds. The van der Waals surface area contributed by atoms with E-state index in [-0.39, 0.29) is 5.97 Å². The Hall–Kier alpha value is -2.43. The first-order chi connectivity index (χ1) is 9.78. The molecule has 0 radical (unpaired) electrons. The molecule has 2 aromatic rings. The number of para-hydroxylation sites is 1. The van der Waals surface area contributed by atoms with Gasteiger partial charge in [-0.15, -0.1) is 0 Å². The van der Waals surface area contributed by atoms with Gasteiger partial charge in [-0.05, 0) is 19.1 Å². The summed E-state index contributed by atoms with van der Waals surface area (Å²) in [5, 5.41) is 5.01. The van der Waals surface area contributed by atoms with E-state index in [1.54, 1.807) is 13.1 Å². The minimum atomic E-state index is -0.642. The fourth-order valence-electron chi connectivity index (χ4n) is 2.14. The molecular formula is C15H14N2O3. The van der Waals surface area contributed by atoms with Gasteiger partial charge in [-0.3, -0.25) is 4.98 Å². The average Bonchev–Trinajstić information content (AvgIpc) is 2.97. The molecule has 1 unspecified atom stereocenters. The maximum Gasteiger partial charge on any atom is 0.350 e. The van der Waals surface area contributed by atoms with Crippen molar-refractivity contribution in [1.82, 2.24) is 4.98 Å². The predicted octanol–water partition coefficient (Wildman–Crippen LogP) is 2.29. The third kappa shape index (κ3) is 2.34. The number of ether oxygens (including phenoxy) is 1. The van der Waals surface area contributed by atoms with Gasteiger partial charge in [0, 0.05) is 23.6 Å². The summed E-state index contributed by atoms with van der Waals surface area (Å²) < 4.78 is 4.93. The van der Waals surface area contributed by atoms with Crippen molar-refractivity contribution in [2.45, 2.75) is 19.4 Å². The van der Waals surface area contributed by atoms with Gasteiger partial charge in [0.15, 0.2) is 0 Å². The van der Waals surface area contributed by atoms with E-state index >= 15 is 0 Å². The highest BCUT2D eigenvalue weighted by Gasteiger charge is 2.30. The molecule has 1 aromatic carbocycles. The van der Waals surface area contributed by atoms with E-state index in [4.69, 9.17) is 9.57 Å². The van der Waals surface area contributed by atoms with E-state index in [1.165, 1.54) is 0 Å². The summed E-state index contributed by atoms with van der Waals surface area (Å²) in [6.45, 7) is 2.10. The van der Waals surface area contributed by atoms with Crippen molar-refractivity contribution in [2.24, 2.45) is 5.16 Å². The van der Waals surface area contributed by atoms with Gasteiger partial charge in [0.25, 0.3) is 0 Å². The van der Waals surface area contributed by atoms with Gasteiger partial charge < -0.3 is 9.57 Å². The topological polar surface area (TPSA) is 60.8 Å². The summed E-state index contributed by atoms with van der Waals surface area (Å²) in [5.41, 5.74) is 2.52. The van der Waals surface area contributed by atoms with Gasteiger partial charge in [-0.1, -0.05) is 23.4 Å². The fraction of sp³-hybridized carbons (Fsp3) is 0.267. The summed E-state index contributed by atoms with van der Waals surface area (Å²) in [5.74, 6) is -0.375. The van der Waals surface area contributed by atoms with Gasteiger partial charge in [0.05, 0.1) is 17.8 Å². The lowest BCUT2D eigenvalue weighted by Gasteiger charge is -2.06. The molecule has 2 heterocycles. The number of benzene rings is 1. The lowest BCUT2D eigenvalue weighted by molar-refractivity contribution is -0.154. The molecule has 5 nitrogen and oxygen atoms in total. The molecule has 0 N–H and O–H groups in total. The largest absolute Gasteiger partial charge is 0.463 e. The first-order valence-corrected chi connectivity index (χ1v) is 6.52. The Labute approximate surface area is 116 Å². The Bertz CT molecular complexity index is 682. The number of fused-ring (bicyclic) bond motifs is 1. The Kier molecular flexibility index (Phi) is 3.33. The normalized spacial score (nSPS) is 17.6. The van der Waals surface area contributed by atoms with E-state index in [9.17, 15) is 4.79 Å². The van der Waals surface area contributed by atoms with Crippen LogP contribution in [0.4, 0.5) is 0 Å². The van der Waals surface area contributed by atoms with Crippen molar-refractivity contribution in [3.63, 3.8) is 0 Å². The third-order valence-corrected chi connectivity index (χ3v) is 3.14. The molecule has 1 atom stereocenters. The van der Waals surface area contributed by atoms with Crippen LogP contribution in [-0.4, -0.2) is 29.4 Å². The number of oxime groups is 1. The molecule has 0 aliphatic carbocycles. The van der Waals surface area contributed by atoms with Crippen LogP contribution in [0.5, 0.6) is 0 Å². The predicted molar refractivity (Wildman–Crippen MR) is 74.4 cm³/mol. The van der Waals surface area contributed by atoms with Crippen LogP contribution in [0.1, 0.15) is 18.9 Å². The van der Waals surface area contributed by atoms with Gasteiger partial charge >= 0.3 is 5.97 Å². The standard InChI is InChI=1S/C15H14N2O3/c1-2-19-15(18)14-8-13(17-20-14)11-7-10-5-3-4-6-12(10)16-9-11/h3-7,9,14H,2,8H2,1H3. The summed E-state index contributed by atoms with van der Waals surface area (Å²) in [4.78, 5) is 21.1. The van der Waals surface area contributed by atoms with E-state index in [0.717, 1.165) is 22.2 Å². The van der Waals surface area contributed by atoms with Crippen LogP contribution < -0.4 is 0 Å². The van der Waals surface area contributed by atoms with Crippen LogP contribution in [0, 0.1) is 0 Å². The van der Waals surface area contributed by atoms with Crippen molar-refractivity contribution < 1.29 is 14.4 Å². The molecule has 1 aliphatic rings. The van der Waals surface area contributed by atoms with Gasteiger partial charge in [0.1, 0.15) is 0 Å². The lowest BCUT2D eigenvalue weighted by atomic mass is 10.0. The molecule has 20 heavy (non-hydrogen) atoms. The number of rotatable bonds is 3. The van der Waals surface area contributed by atoms with Crippen LogP contribution in [0.2, 0.25) is 0 Å². The van der Waals surface area contributed by atoms with Crippen LogP contribution >= 0.6 is 0 Å². The molecule has 0 fully saturated rings. The Morgan fingerprint density at radius 3 is 3.15 bits per heavy atom. The van der Waals surface area contributed by atoms with E-state index in [0.29, 0.717) is 13.0 Å². The number of carbonyl (C=O) groups is 1. The summed E-state index contributed by atoms with van der Waals surface area (Å²) in [6.07, 6.45) is 1.52. The van der Waals surface area contributed by atoms with Crippen molar-refractivity contribution >= 4 is 22.6 Å². The molecule has 0 bridgehead atoms. The quantitative estimate of drug-likeness (QED) is 0.803. The second kappa shape index (κ2) is 5.28. The number of nitrogens with zero attached hydrogens (tertiary/aromatic N) is 2. The van der Waals surface area contributed by atoms with Crippen LogP contribution in [0.3, 0.4) is 0 Å². The monoisotopic (exact) mass is 270 g/mol. The zero-order chi connectivity index (χ0) is 13.9. The highest BCUT2D eigenvalue weighted by Crippen LogP contribution is 2.20. The van der Waals surface area contributed by atoms with Crippen molar-refractivity contribution in [2.75, 3.05) is 6.61 Å². The van der Waals surface area contributed by atoms with Crippen molar-refractivity contribution in [1.29, 1.82) is 0 Å². The lowest BCUT2D eigenvalue weighted by Crippen LogP contribution is -2.23. The zero-order valence-electron chi connectivity index (χ0n) is 11.1. The molecular weight excluding hydrogens is 256 g/mol. The minimum Gasteiger partial charge on any atom is -0.463 e. The second-order valence-electron chi connectivity index (χ2n) is 4.50. The minimum absolute atomic E-state index is 0.339. The number of aromatic nitrogens is 1. The first kappa shape index (κ1) is 12.6. The highest BCUT2D eigenvalue weighted by molar-refractivity contribution is 6.05. The molecule has 1 aromatic heterocycles. The van der Waals surface area contributed by atoms with E-state index < -0.39 is 6.10 Å². The third-order valence-electron chi connectivity index (χ3n) is 3.14. The highest BCUT2D eigenvalue weighted by atomic mass is 16.7. The zero-order valence-corrected chi connectivity index (χ0v) is 11.1. The average molecular weight is 270 g/mol. The molecule has 0 spiro atoms. The molecule has 3 rings (SSSR count). The maximum atomic E-state index is 11.6. The fourth-order valence-corrected chi connectivity index (χ4v) is 2.14. The van der Waals surface area contributed by atoms with Crippen molar-refractivity contribution in [3.8, 4) is 0 Å². The van der Waals surface area contributed by atoms with E-state index in [1.807, 2.05) is 30.3 Å². The summed E-state index contributed by atoms with van der Waals surface area (Å²) in [7, 11) is 0. The molecule has 0 saturated heterocycles. The van der Waals surface area contributed by atoms with Crippen LogP contribution in [0.25, 0.3) is 10.9 Å². The van der Waals surface area contributed by atoms with Crippen LogP contribution in [-0.2, 0) is 14.4 Å². The van der Waals surface area contributed by atoms with E-state index in [2.05, 4.69) is 10.1 Å². The Balaban J connectivity index is 1.81. The number of hydrogen-bond acceptors (Lipinski definition) is 5. The van der Waals surface area contributed by atoms with Crippen molar-refractivity contribution in [3.05, 3.63) is 42.1 Å². The Morgan fingerprint density at radius 2 is 2.30 bits per heavy atom. The van der Waals surface area contributed by atoms with Crippen LogP contribution in [0.15, 0.2) is 41.7 Å². The number of esters is 1. The van der Waals surface area contributed by atoms with Gasteiger partial charge in [0.2, 0.25) is 6.10 Å². The molecule has 1 aliphatic heterocycles. The number of pyridine rings is 1. The number of hydrogen-bond donors (Lipinski definition) is 0. The maximum absolute atomic E-state index is 11.6. The molecule has 5 heteroatoms. The SMILES string of the molecule is CCOC(=O)C1CC(c2cnc3ccccc3c2)=NO1. The van der Waals surface area contributed by atoms with Gasteiger partial charge in [-0.25, -0.2) is 4.79 Å². The summed E-state index contributed by atoms with van der Waals surface area (Å²) >= 11 is 0. The second-order valence-corrected chi connectivity index (χ2v) is 4.50. The smallest absolute Gasteiger partial charge is 0.350 e.